The van der Waals surface area contributed by atoms with Gasteiger partial charge in [-0.1, -0.05) is 50.6 Å². The zero-order valence-electron chi connectivity index (χ0n) is 19.1. The van der Waals surface area contributed by atoms with Crippen LogP contribution in [0.2, 0.25) is 0 Å². The number of hydrogen-bond donors (Lipinski definition) is 4. The zero-order chi connectivity index (χ0) is 23.9. The fourth-order valence-electron chi connectivity index (χ4n) is 2.91. The number of aryl methyl sites for hydroxylation is 2. The first-order valence-electron chi connectivity index (χ1n) is 10.3. The lowest BCUT2D eigenvalue weighted by Gasteiger charge is -2.19. The second kappa shape index (κ2) is 10.9. The van der Waals surface area contributed by atoms with Crippen molar-refractivity contribution < 1.29 is 14.4 Å². The minimum Gasteiger partial charge on any atom is -0.326 e. The molecule has 0 saturated carbocycles. The minimum atomic E-state index is -0.424. The van der Waals surface area contributed by atoms with Gasteiger partial charge in [0.15, 0.2) is 5.11 Å². The summed E-state index contributed by atoms with van der Waals surface area (Å²) in [5.74, 6) is -1.07. The first-order chi connectivity index (χ1) is 15.0. The van der Waals surface area contributed by atoms with Gasteiger partial charge in [-0.3, -0.25) is 30.6 Å². The number of rotatable bonds is 5. The van der Waals surface area contributed by atoms with Gasteiger partial charge in [-0.15, -0.1) is 0 Å². The normalized spacial score (nSPS) is 10.8. The summed E-state index contributed by atoms with van der Waals surface area (Å²) in [6, 6.07) is 13.0. The van der Waals surface area contributed by atoms with Crippen LogP contribution < -0.4 is 21.5 Å². The van der Waals surface area contributed by atoms with E-state index in [0.717, 1.165) is 22.4 Å². The highest BCUT2D eigenvalue weighted by Crippen LogP contribution is 2.22. The van der Waals surface area contributed by atoms with E-state index in [2.05, 4.69) is 42.3 Å². The second-order valence-corrected chi connectivity index (χ2v) is 9.06. The highest BCUT2D eigenvalue weighted by atomic mass is 32.1. The van der Waals surface area contributed by atoms with Gasteiger partial charge in [0.05, 0.1) is 0 Å². The number of amides is 3. The van der Waals surface area contributed by atoms with E-state index >= 15 is 0 Å². The molecule has 3 amide bonds. The monoisotopic (exact) mass is 454 g/mol. The molecule has 2 aromatic rings. The molecule has 2 aromatic carbocycles. The van der Waals surface area contributed by atoms with Crippen LogP contribution in [-0.4, -0.2) is 22.8 Å². The van der Waals surface area contributed by atoms with Crippen molar-refractivity contribution in [3.63, 3.8) is 0 Å². The molecule has 0 saturated heterocycles. The van der Waals surface area contributed by atoms with E-state index in [1.165, 1.54) is 0 Å². The van der Waals surface area contributed by atoms with Crippen molar-refractivity contribution in [3.8, 4) is 0 Å². The third kappa shape index (κ3) is 7.77. The van der Waals surface area contributed by atoms with Crippen LogP contribution in [0.3, 0.4) is 0 Å². The first kappa shape index (κ1) is 25.0. The lowest BCUT2D eigenvalue weighted by molar-refractivity contribution is -0.124. The van der Waals surface area contributed by atoms with Crippen molar-refractivity contribution in [1.82, 2.24) is 16.2 Å². The molecule has 0 fully saturated rings. The van der Waals surface area contributed by atoms with Crippen LogP contribution in [0.4, 0.5) is 5.69 Å². The largest absolute Gasteiger partial charge is 0.326 e. The molecule has 8 heteroatoms. The number of nitrogens with one attached hydrogen (secondary N) is 4. The molecule has 2 rings (SSSR count). The Morgan fingerprint density at radius 1 is 0.875 bits per heavy atom. The third-order valence-corrected chi connectivity index (χ3v) is 4.99. The third-order valence-electron chi connectivity index (χ3n) is 4.79. The molecule has 0 spiro atoms. The number of benzene rings is 2. The fourth-order valence-corrected chi connectivity index (χ4v) is 3.05. The Labute approximate surface area is 194 Å². The molecular weight excluding hydrogens is 424 g/mol. The lowest BCUT2D eigenvalue weighted by atomic mass is 9.87. The van der Waals surface area contributed by atoms with Crippen LogP contribution in [-0.2, 0) is 15.0 Å². The van der Waals surface area contributed by atoms with E-state index in [1.54, 1.807) is 12.1 Å². The Balaban J connectivity index is 1.73. The Kier molecular flexibility index (Phi) is 8.48. The molecular formula is C24H30N4O3S. The highest BCUT2D eigenvalue weighted by molar-refractivity contribution is 7.80. The molecule has 0 aliphatic heterocycles. The quantitative estimate of drug-likeness (QED) is 0.408. The van der Waals surface area contributed by atoms with Crippen LogP contribution in [0.1, 0.15) is 60.7 Å². The van der Waals surface area contributed by atoms with Crippen molar-refractivity contribution in [2.24, 2.45) is 0 Å². The number of carbonyl (C=O) groups is 3. The molecule has 32 heavy (non-hydrogen) atoms. The molecule has 0 unspecified atom stereocenters. The minimum absolute atomic E-state index is 0.00792. The molecule has 0 heterocycles. The number of thiocarbonyl (C=S) groups is 1. The molecule has 170 valence electrons. The van der Waals surface area contributed by atoms with Crippen molar-refractivity contribution in [1.29, 1.82) is 0 Å². The van der Waals surface area contributed by atoms with E-state index in [9.17, 15) is 14.4 Å². The predicted octanol–water partition coefficient (Wildman–Crippen LogP) is 3.66. The molecule has 0 aliphatic carbocycles. The van der Waals surface area contributed by atoms with Crippen molar-refractivity contribution >= 4 is 40.7 Å². The van der Waals surface area contributed by atoms with E-state index in [4.69, 9.17) is 12.2 Å². The maximum Gasteiger partial charge on any atom is 0.257 e. The van der Waals surface area contributed by atoms with E-state index in [1.807, 2.05) is 44.2 Å². The van der Waals surface area contributed by atoms with Crippen LogP contribution in [0.25, 0.3) is 0 Å². The predicted molar refractivity (Wildman–Crippen MR) is 130 cm³/mol. The molecule has 0 aliphatic rings. The van der Waals surface area contributed by atoms with Gasteiger partial charge >= 0.3 is 0 Å². The number of carbonyl (C=O) groups excluding carboxylic acids is 3. The lowest BCUT2D eigenvalue weighted by Crippen LogP contribution is -2.48. The van der Waals surface area contributed by atoms with Crippen LogP contribution in [0.15, 0.2) is 42.5 Å². The van der Waals surface area contributed by atoms with Crippen LogP contribution in [0.5, 0.6) is 0 Å². The maximum atomic E-state index is 12.3. The molecule has 0 bridgehead atoms. The van der Waals surface area contributed by atoms with E-state index < -0.39 is 5.91 Å². The summed E-state index contributed by atoms with van der Waals surface area (Å²) >= 11 is 5.04. The van der Waals surface area contributed by atoms with Gasteiger partial charge in [0.1, 0.15) is 0 Å². The number of hydrazine groups is 1. The Hall–Kier alpha value is -3.26. The Morgan fingerprint density at radius 3 is 2.09 bits per heavy atom. The zero-order valence-corrected chi connectivity index (χ0v) is 19.9. The summed E-state index contributed by atoms with van der Waals surface area (Å²) in [6.07, 6.45) is -0.0192. The summed E-state index contributed by atoms with van der Waals surface area (Å²) in [5, 5.41) is 5.26. The molecule has 7 nitrogen and oxygen atoms in total. The van der Waals surface area contributed by atoms with Crippen molar-refractivity contribution in [2.45, 2.75) is 52.9 Å². The Morgan fingerprint density at radius 2 is 1.50 bits per heavy atom. The van der Waals surface area contributed by atoms with Gasteiger partial charge in [0.25, 0.3) is 5.91 Å². The van der Waals surface area contributed by atoms with E-state index in [0.29, 0.717) is 5.56 Å². The summed E-state index contributed by atoms with van der Waals surface area (Å²) in [4.78, 5) is 36.4. The summed E-state index contributed by atoms with van der Waals surface area (Å²) in [6.45, 7) is 10.2. The fraction of sp³-hybridized carbons (Fsp3) is 0.333. The van der Waals surface area contributed by atoms with Gasteiger partial charge in [0, 0.05) is 24.1 Å². The topological polar surface area (TPSA) is 99.3 Å². The van der Waals surface area contributed by atoms with Gasteiger partial charge in [0.2, 0.25) is 11.8 Å². The smallest absolute Gasteiger partial charge is 0.257 e. The van der Waals surface area contributed by atoms with Crippen LogP contribution in [0, 0.1) is 13.8 Å². The van der Waals surface area contributed by atoms with Gasteiger partial charge in [-0.25, -0.2) is 0 Å². The van der Waals surface area contributed by atoms with Crippen molar-refractivity contribution in [2.75, 3.05) is 5.32 Å². The average molecular weight is 455 g/mol. The van der Waals surface area contributed by atoms with Crippen molar-refractivity contribution in [3.05, 3.63) is 64.7 Å². The summed E-state index contributed by atoms with van der Waals surface area (Å²) < 4.78 is 0. The maximum absolute atomic E-state index is 12.3. The number of anilines is 1. The summed E-state index contributed by atoms with van der Waals surface area (Å²) in [5.41, 5.74) is 9.20. The van der Waals surface area contributed by atoms with Gasteiger partial charge in [-0.2, -0.15) is 0 Å². The summed E-state index contributed by atoms with van der Waals surface area (Å²) in [7, 11) is 0. The molecule has 0 aromatic heterocycles. The molecule has 0 atom stereocenters. The number of hydrogen-bond acceptors (Lipinski definition) is 4. The van der Waals surface area contributed by atoms with Gasteiger partial charge in [-0.05, 0) is 60.8 Å². The standard InChI is InChI=1S/C24H30N4O3S/c1-15-6-11-19(16(2)14-15)25-20(29)12-13-21(30)27-28-23(32)26-22(31)17-7-9-18(10-8-17)24(3,4)5/h6-11,14H,12-13H2,1-5H3,(H,25,29)(H,27,30)(H2,26,28,31,32). The highest BCUT2D eigenvalue weighted by Gasteiger charge is 2.15. The molecule has 0 radical (unpaired) electrons. The second-order valence-electron chi connectivity index (χ2n) is 8.65. The van der Waals surface area contributed by atoms with E-state index in [-0.39, 0.29) is 35.2 Å². The Bertz CT molecular complexity index is 1010. The average Bonchev–Trinajstić information content (AvgIpc) is 2.72. The SMILES string of the molecule is Cc1ccc(NC(=O)CCC(=O)NNC(=S)NC(=O)c2ccc(C(C)(C)C)cc2)c(C)c1. The van der Waals surface area contributed by atoms with Gasteiger partial charge < -0.3 is 5.32 Å². The van der Waals surface area contributed by atoms with Crippen LogP contribution >= 0.6 is 12.2 Å². The molecule has 4 N–H and O–H groups in total. The first-order valence-corrected chi connectivity index (χ1v) is 10.7.